The average molecular weight is 264 g/mol. The summed E-state index contributed by atoms with van der Waals surface area (Å²) in [5.41, 5.74) is 8.05. The molecule has 1 aromatic carbocycles. The number of nitrogens with two attached hydrogens (primary N) is 1. The van der Waals surface area contributed by atoms with Crippen molar-refractivity contribution in [1.29, 1.82) is 0 Å². The molecule has 0 saturated heterocycles. The predicted molar refractivity (Wildman–Crippen MR) is 72.3 cm³/mol. The predicted octanol–water partition coefficient (Wildman–Crippen LogP) is 1.03. The number of carbonyl (C=O) groups is 1. The quantitative estimate of drug-likeness (QED) is 0.849. The zero-order valence-corrected chi connectivity index (χ0v) is 11.3. The summed E-state index contributed by atoms with van der Waals surface area (Å²) in [6.45, 7) is 0.900. The molecular weight excluding hydrogens is 244 g/mol. The molecule has 0 radical (unpaired) electrons. The molecule has 0 saturated carbocycles. The van der Waals surface area contributed by atoms with Gasteiger partial charge in [-0.15, -0.1) is 0 Å². The Balaban J connectivity index is 2.27. The van der Waals surface area contributed by atoms with Crippen LogP contribution in [0, 0.1) is 0 Å². The van der Waals surface area contributed by atoms with Crippen LogP contribution in [-0.4, -0.2) is 42.7 Å². The number of rotatable bonds is 4. The highest BCUT2D eigenvalue weighted by Crippen LogP contribution is 2.33. The monoisotopic (exact) mass is 264 g/mol. The fourth-order valence-electron chi connectivity index (χ4n) is 2.59. The Morgan fingerprint density at radius 2 is 2.37 bits per heavy atom. The van der Waals surface area contributed by atoms with Gasteiger partial charge in [0.25, 0.3) is 0 Å². The van der Waals surface area contributed by atoms with E-state index in [0.29, 0.717) is 6.42 Å². The van der Waals surface area contributed by atoms with Crippen LogP contribution in [-0.2, 0) is 11.2 Å². The van der Waals surface area contributed by atoms with E-state index in [2.05, 4.69) is 4.90 Å². The van der Waals surface area contributed by atoms with Crippen molar-refractivity contribution in [1.82, 2.24) is 4.90 Å². The SMILES string of the molecule is COc1ccc2c(c1)CCN(C)C2CC(N)C(=O)O. The number of methoxy groups -OCH3 is 1. The maximum absolute atomic E-state index is 10.9. The number of fused-ring (bicyclic) bond motifs is 1. The van der Waals surface area contributed by atoms with E-state index in [1.54, 1.807) is 7.11 Å². The topological polar surface area (TPSA) is 75.8 Å². The molecule has 0 fully saturated rings. The molecule has 19 heavy (non-hydrogen) atoms. The molecule has 3 N–H and O–H groups in total. The Bertz CT molecular complexity index is 476. The van der Waals surface area contributed by atoms with E-state index in [1.165, 1.54) is 5.56 Å². The van der Waals surface area contributed by atoms with Crippen molar-refractivity contribution in [2.45, 2.75) is 24.9 Å². The molecule has 2 rings (SSSR count). The van der Waals surface area contributed by atoms with E-state index in [9.17, 15) is 4.79 Å². The van der Waals surface area contributed by atoms with E-state index < -0.39 is 12.0 Å². The molecule has 1 aromatic rings. The van der Waals surface area contributed by atoms with Gasteiger partial charge in [-0.3, -0.25) is 9.69 Å². The molecule has 5 nitrogen and oxygen atoms in total. The van der Waals surface area contributed by atoms with Crippen LogP contribution in [0.25, 0.3) is 0 Å². The van der Waals surface area contributed by atoms with Crippen molar-refractivity contribution in [2.24, 2.45) is 5.73 Å². The van der Waals surface area contributed by atoms with Gasteiger partial charge in [0.05, 0.1) is 7.11 Å². The summed E-state index contributed by atoms with van der Waals surface area (Å²) < 4.78 is 5.23. The van der Waals surface area contributed by atoms with Gasteiger partial charge in [-0.1, -0.05) is 6.07 Å². The molecule has 0 bridgehead atoms. The molecule has 0 aromatic heterocycles. The third kappa shape index (κ3) is 2.88. The lowest BCUT2D eigenvalue weighted by Gasteiger charge is -2.35. The zero-order valence-electron chi connectivity index (χ0n) is 11.3. The summed E-state index contributed by atoms with van der Waals surface area (Å²) in [4.78, 5) is 13.1. The van der Waals surface area contributed by atoms with Crippen molar-refractivity contribution >= 4 is 5.97 Å². The molecule has 1 aliphatic rings. The van der Waals surface area contributed by atoms with Crippen LogP contribution < -0.4 is 10.5 Å². The molecule has 5 heteroatoms. The van der Waals surface area contributed by atoms with Gasteiger partial charge in [0, 0.05) is 12.6 Å². The molecule has 0 aliphatic carbocycles. The first-order valence-electron chi connectivity index (χ1n) is 6.38. The van der Waals surface area contributed by atoms with Crippen molar-refractivity contribution in [3.05, 3.63) is 29.3 Å². The Morgan fingerprint density at radius 3 is 3.00 bits per heavy atom. The van der Waals surface area contributed by atoms with Gasteiger partial charge in [-0.25, -0.2) is 0 Å². The number of hydrogen-bond donors (Lipinski definition) is 2. The highest BCUT2D eigenvalue weighted by Gasteiger charge is 2.28. The number of hydrogen-bond acceptors (Lipinski definition) is 4. The van der Waals surface area contributed by atoms with Crippen LogP contribution in [0.3, 0.4) is 0 Å². The van der Waals surface area contributed by atoms with E-state index in [0.717, 1.165) is 24.3 Å². The summed E-state index contributed by atoms with van der Waals surface area (Å²) in [5, 5.41) is 8.97. The number of ether oxygens (including phenoxy) is 1. The Hall–Kier alpha value is -1.59. The minimum atomic E-state index is -0.950. The van der Waals surface area contributed by atoms with Gasteiger partial charge in [0.1, 0.15) is 11.8 Å². The van der Waals surface area contributed by atoms with Gasteiger partial charge >= 0.3 is 5.97 Å². The van der Waals surface area contributed by atoms with E-state index in [4.69, 9.17) is 15.6 Å². The maximum Gasteiger partial charge on any atom is 0.320 e. The van der Waals surface area contributed by atoms with Crippen molar-refractivity contribution in [3.63, 3.8) is 0 Å². The number of benzene rings is 1. The minimum Gasteiger partial charge on any atom is -0.497 e. The zero-order chi connectivity index (χ0) is 14.0. The Kier molecular flexibility index (Phi) is 4.07. The summed E-state index contributed by atoms with van der Waals surface area (Å²) in [7, 11) is 3.65. The number of carboxylic acids is 1. The summed E-state index contributed by atoms with van der Waals surface area (Å²) in [6, 6.07) is 5.18. The molecule has 0 amide bonds. The van der Waals surface area contributed by atoms with E-state index in [-0.39, 0.29) is 6.04 Å². The van der Waals surface area contributed by atoms with Crippen LogP contribution in [0.4, 0.5) is 0 Å². The third-order valence-corrected chi connectivity index (χ3v) is 3.77. The second-order valence-electron chi connectivity index (χ2n) is 4.99. The Labute approximate surface area is 113 Å². The van der Waals surface area contributed by atoms with Crippen LogP contribution in [0.5, 0.6) is 5.75 Å². The Morgan fingerprint density at radius 1 is 1.63 bits per heavy atom. The van der Waals surface area contributed by atoms with Gasteiger partial charge in [-0.2, -0.15) is 0 Å². The second kappa shape index (κ2) is 5.59. The van der Waals surface area contributed by atoms with Crippen LogP contribution in [0.2, 0.25) is 0 Å². The standard InChI is InChI=1S/C14H20N2O3/c1-16-6-5-9-7-10(19-2)3-4-11(9)13(16)8-12(15)14(17)18/h3-4,7,12-13H,5-6,8,15H2,1-2H3,(H,17,18). The first-order valence-corrected chi connectivity index (χ1v) is 6.38. The first kappa shape index (κ1) is 13.8. The summed E-state index contributed by atoms with van der Waals surface area (Å²) >= 11 is 0. The third-order valence-electron chi connectivity index (χ3n) is 3.77. The fraction of sp³-hybridized carbons (Fsp3) is 0.500. The molecule has 1 heterocycles. The summed E-state index contributed by atoms with van der Waals surface area (Å²) in [6.07, 6.45) is 1.37. The van der Waals surface area contributed by atoms with Crippen molar-refractivity contribution in [3.8, 4) is 5.75 Å². The van der Waals surface area contributed by atoms with Gasteiger partial charge in [-0.05, 0) is 43.1 Å². The minimum absolute atomic E-state index is 0.0563. The molecule has 104 valence electrons. The highest BCUT2D eigenvalue weighted by atomic mass is 16.5. The molecule has 0 spiro atoms. The molecule has 2 atom stereocenters. The molecule has 2 unspecified atom stereocenters. The highest BCUT2D eigenvalue weighted by molar-refractivity contribution is 5.73. The smallest absolute Gasteiger partial charge is 0.320 e. The lowest BCUT2D eigenvalue weighted by Crippen LogP contribution is -2.39. The van der Waals surface area contributed by atoms with Gasteiger partial charge < -0.3 is 15.6 Å². The second-order valence-corrected chi connectivity index (χ2v) is 4.99. The van der Waals surface area contributed by atoms with Crippen LogP contribution in [0.15, 0.2) is 18.2 Å². The fourth-order valence-corrected chi connectivity index (χ4v) is 2.59. The lowest BCUT2D eigenvalue weighted by molar-refractivity contribution is -0.139. The maximum atomic E-state index is 10.9. The summed E-state index contributed by atoms with van der Waals surface area (Å²) in [5.74, 6) is -0.112. The number of nitrogens with zero attached hydrogens (tertiary/aromatic N) is 1. The molecule has 1 aliphatic heterocycles. The van der Waals surface area contributed by atoms with Crippen LogP contribution >= 0.6 is 0 Å². The normalized spacial score (nSPS) is 20.7. The van der Waals surface area contributed by atoms with E-state index >= 15 is 0 Å². The molecular formula is C14H20N2O3. The van der Waals surface area contributed by atoms with Crippen molar-refractivity contribution in [2.75, 3.05) is 20.7 Å². The van der Waals surface area contributed by atoms with Crippen LogP contribution in [0.1, 0.15) is 23.6 Å². The number of aliphatic carboxylic acids is 1. The van der Waals surface area contributed by atoms with Gasteiger partial charge in [0.2, 0.25) is 0 Å². The van der Waals surface area contributed by atoms with Gasteiger partial charge in [0.15, 0.2) is 0 Å². The average Bonchev–Trinajstić information content (AvgIpc) is 2.41. The van der Waals surface area contributed by atoms with E-state index in [1.807, 2.05) is 25.2 Å². The first-order chi connectivity index (χ1) is 9.02. The number of carboxylic acid groups (broad SMARTS) is 1. The van der Waals surface area contributed by atoms with Crippen molar-refractivity contribution < 1.29 is 14.6 Å². The largest absolute Gasteiger partial charge is 0.497 e. The lowest BCUT2D eigenvalue weighted by atomic mass is 9.89. The number of likely N-dealkylation sites (N-methyl/N-ethyl adjacent to an activating group) is 1.